The molecule has 4 aromatic rings. The summed E-state index contributed by atoms with van der Waals surface area (Å²) in [6.07, 6.45) is -1.14. The summed E-state index contributed by atoms with van der Waals surface area (Å²) in [6.45, 7) is 2.54. The van der Waals surface area contributed by atoms with Crippen LogP contribution in [0.25, 0.3) is 11.3 Å². The van der Waals surface area contributed by atoms with E-state index in [1.54, 1.807) is 23.0 Å². The summed E-state index contributed by atoms with van der Waals surface area (Å²) in [7, 11) is 0. The number of alkyl halides is 3. The van der Waals surface area contributed by atoms with Crippen molar-refractivity contribution in [1.82, 2.24) is 34.4 Å². The largest absolute Gasteiger partial charge is 0.453 e. The highest BCUT2D eigenvalue weighted by Crippen LogP contribution is 2.28. The van der Waals surface area contributed by atoms with Crippen molar-refractivity contribution >= 4 is 22.9 Å². The number of hydrogen-bond acceptors (Lipinski definition) is 7. The van der Waals surface area contributed by atoms with Crippen LogP contribution in [0.2, 0.25) is 0 Å². The van der Waals surface area contributed by atoms with Crippen molar-refractivity contribution in [3.05, 3.63) is 42.5 Å². The third kappa shape index (κ3) is 2.77. The zero-order valence-corrected chi connectivity index (χ0v) is 14.5. The molecule has 0 atom stereocenters. The second-order valence-corrected chi connectivity index (χ2v) is 6.38. The van der Waals surface area contributed by atoms with Crippen molar-refractivity contribution in [2.24, 2.45) is 0 Å². The summed E-state index contributed by atoms with van der Waals surface area (Å²) in [6, 6.07) is 6.96. The van der Waals surface area contributed by atoms with Crippen LogP contribution in [0.5, 0.6) is 0 Å². The fourth-order valence-corrected chi connectivity index (χ4v) is 3.26. The molecular weight excluding hydrogens is 375 g/mol. The van der Waals surface area contributed by atoms with E-state index >= 15 is 0 Å². The number of nitrogens with zero attached hydrogens (tertiary/aromatic N) is 9. The number of hydrogen-bond donors (Lipinski definition) is 0. The molecule has 12 heteroatoms. The zero-order valence-electron chi connectivity index (χ0n) is 14.5. The Bertz CT molecular complexity index is 1140. The molecule has 1 aliphatic heterocycles. The highest BCUT2D eigenvalue weighted by Gasteiger charge is 2.37. The Morgan fingerprint density at radius 1 is 0.786 bits per heavy atom. The molecule has 0 saturated carbocycles. The third-order valence-corrected chi connectivity index (χ3v) is 4.67. The highest BCUT2D eigenvalue weighted by atomic mass is 19.4. The molecule has 144 valence electrons. The molecule has 0 N–H and O–H groups in total. The molecule has 28 heavy (non-hydrogen) atoms. The van der Waals surface area contributed by atoms with Crippen LogP contribution in [-0.2, 0) is 6.18 Å². The number of rotatable bonds is 2. The molecular formula is C16H14F3N9. The SMILES string of the molecule is FC(F)(F)c1nnc2ccc(N3CCN(c4ccc5nccn5n4)CC3)nn12. The molecule has 0 amide bonds. The molecule has 1 aliphatic rings. The number of imidazole rings is 1. The summed E-state index contributed by atoms with van der Waals surface area (Å²) in [5.41, 5.74) is 0.835. The van der Waals surface area contributed by atoms with Gasteiger partial charge in [-0.3, -0.25) is 0 Å². The van der Waals surface area contributed by atoms with Crippen LogP contribution < -0.4 is 9.80 Å². The Hall–Kier alpha value is -3.44. The lowest BCUT2D eigenvalue weighted by Crippen LogP contribution is -2.47. The van der Waals surface area contributed by atoms with E-state index in [-0.39, 0.29) is 5.65 Å². The van der Waals surface area contributed by atoms with Gasteiger partial charge in [-0.1, -0.05) is 0 Å². The number of piperazine rings is 1. The Labute approximate surface area is 156 Å². The summed E-state index contributed by atoms with van der Waals surface area (Å²) in [4.78, 5) is 8.23. The van der Waals surface area contributed by atoms with Gasteiger partial charge in [0, 0.05) is 38.6 Å². The van der Waals surface area contributed by atoms with E-state index in [0.717, 1.165) is 16.0 Å². The number of aromatic nitrogens is 7. The lowest BCUT2D eigenvalue weighted by Gasteiger charge is -2.35. The minimum absolute atomic E-state index is 0.0625. The Morgan fingerprint density at radius 3 is 2.11 bits per heavy atom. The fourth-order valence-electron chi connectivity index (χ4n) is 3.26. The van der Waals surface area contributed by atoms with E-state index in [1.165, 1.54) is 6.07 Å². The molecule has 5 rings (SSSR count). The standard InChI is InChI=1S/C16H14F3N9/c17-16(18,19)15-22-21-12-2-4-14(24-28(12)15)26-9-7-25(8-10-26)13-3-1-11-20-5-6-27(11)23-13/h1-6H,7-10H2. The molecule has 5 heterocycles. The van der Waals surface area contributed by atoms with Crippen LogP contribution in [0.4, 0.5) is 24.8 Å². The summed E-state index contributed by atoms with van der Waals surface area (Å²) < 4.78 is 41.6. The Kier molecular flexibility index (Phi) is 3.60. The monoisotopic (exact) mass is 389 g/mol. The van der Waals surface area contributed by atoms with Crippen LogP contribution in [-0.4, -0.2) is 60.6 Å². The highest BCUT2D eigenvalue weighted by molar-refractivity contribution is 5.50. The molecule has 1 saturated heterocycles. The first-order chi connectivity index (χ1) is 13.5. The van der Waals surface area contributed by atoms with Crippen LogP contribution in [0.1, 0.15) is 5.82 Å². The van der Waals surface area contributed by atoms with Crippen molar-refractivity contribution in [2.75, 3.05) is 36.0 Å². The summed E-state index contributed by atoms with van der Waals surface area (Å²) in [5.74, 6) is 0.156. The molecule has 9 nitrogen and oxygen atoms in total. The van der Waals surface area contributed by atoms with Crippen LogP contribution >= 0.6 is 0 Å². The molecule has 4 aromatic heterocycles. The van der Waals surface area contributed by atoms with E-state index in [9.17, 15) is 13.2 Å². The van der Waals surface area contributed by atoms with Crippen molar-refractivity contribution < 1.29 is 13.2 Å². The summed E-state index contributed by atoms with van der Waals surface area (Å²) in [5, 5.41) is 15.4. The minimum atomic E-state index is -4.61. The lowest BCUT2D eigenvalue weighted by atomic mass is 10.3. The predicted octanol–water partition coefficient (Wildman–Crippen LogP) is 1.51. The van der Waals surface area contributed by atoms with Gasteiger partial charge in [-0.15, -0.1) is 20.4 Å². The quantitative estimate of drug-likeness (QED) is 0.514. The smallest absolute Gasteiger partial charge is 0.352 e. The number of halogens is 3. The van der Waals surface area contributed by atoms with Gasteiger partial charge >= 0.3 is 6.18 Å². The van der Waals surface area contributed by atoms with Gasteiger partial charge in [-0.2, -0.15) is 17.7 Å². The molecule has 0 spiro atoms. The van der Waals surface area contributed by atoms with Crippen LogP contribution in [0.3, 0.4) is 0 Å². The number of fused-ring (bicyclic) bond motifs is 2. The average Bonchev–Trinajstić information content (AvgIpc) is 3.33. The molecule has 0 bridgehead atoms. The minimum Gasteiger partial charge on any atom is -0.352 e. The first-order valence-electron chi connectivity index (χ1n) is 8.59. The maximum Gasteiger partial charge on any atom is 0.453 e. The first kappa shape index (κ1) is 16.7. The first-order valence-corrected chi connectivity index (χ1v) is 8.59. The van der Waals surface area contributed by atoms with Crippen molar-refractivity contribution in [3.63, 3.8) is 0 Å². The zero-order chi connectivity index (χ0) is 19.3. The second kappa shape index (κ2) is 6.04. The normalized spacial score (nSPS) is 15.7. The molecule has 0 radical (unpaired) electrons. The fraction of sp³-hybridized carbons (Fsp3) is 0.312. The van der Waals surface area contributed by atoms with E-state index in [4.69, 9.17) is 0 Å². The van der Waals surface area contributed by atoms with E-state index < -0.39 is 12.0 Å². The third-order valence-electron chi connectivity index (χ3n) is 4.67. The van der Waals surface area contributed by atoms with Crippen molar-refractivity contribution in [1.29, 1.82) is 0 Å². The van der Waals surface area contributed by atoms with Crippen molar-refractivity contribution in [3.8, 4) is 0 Å². The van der Waals surface area contributed by atoms with Gasteiger partial charge in [-0.25, -0.2) is 9.50 Å². The van der Waals surface area contributed by atoms with Crippen LogP contribution in [0, 0.1) is 0 Å². The van der Waals surface area contributed by atoms with E-state index in [0.29, 0.717) is 32.0 Å². The van der Waals surface area contributed by atoms with Gasteiger partial charge in [0.2, 0.25) is 0 Å². The number of anilines is 2. The van der Waals surface area contributed by atoms with E-state index in [2.05, 4.69) is 30.3 Å². The Morgan fingerprint density at radius 2 is 1.43 bits per heavy atom. The Balaban J connectivity index is 1.36. The molecule has 0 aromatic carbocycles. The maximum absolute atomic E-state index is 13.1. The predicted molar refractivity (Wildman–Crippen MR) is 93.2 cm³/mol. The van der Waals surface area contributed by atoms with Gasteiger partial charge < -0.3 is 9.80 Å². The molecule has 0 aliphatic carbocycles. The topological polar surface area (TPSA) is 79.8 Å². The molecule has 1 fully saturated rings. The average molecular weight is 389 g/mol. The lowest BCUT2D eigenvalue weighted by molar-refractivity contribution is -0.146. The maximum atomic E-state index is 13.1. The van der Waals surface area contributed by atoms with Gasteiger partial charge in [0.25, 0.3) is 5.82 Å². The van der Waals surface area contributed by atoms with Gasteiger partial charge in [0.1, 0.15) is 11.6 Å². The van der Waals surface area contributed by atoms with Gasteiger partial charge in [0.15, 0.2) is 11.3 Å². The van der Waals surface area contributed by atoms with Gasteiger partial charge in [0.05, 0.1) is 0 Å². The molecule has 0 unspecified atom stereocenters. The second-order valence-electron chi connectivity index (χ2n) is 6.38. The summed E-state index contributed by atoms with van der Waals surface area (Å²) >= 11 is 0. The van der Waals surface area contributed by atoms with Crippen LogP contribution in [0.15, 0.2) is 36.7 Å². The van der Waals surface area contributed by atoms with Gasteiger partial charge in [-0.05, 0) is 24.3 Å². The van der Waals surface area contributed by atoms with E-state index in [1.807, 2.05) is 17.0 Å². The van der Waals surface area contributed by atoms with Crippen molar-refractivity contribution in [2.45, 2.75) is 6.18 Å².